The third-order valence-electron chi connectivity index (χ3n) is 7.12. The third kappa shape index (κ3) is 5.35. The van der Waals surface area contributed by atoms with Crippen LogP contribution in [0, 0.1) is 12.8 Å². The number of halogens is 3. The molecule has 184 valence electrons. The van der Waals surface area contributed by atoms with Gasteiger partial charge in [0.05, 0.1) is 5.56 Å². The van der Waals surface area contributed by atoms with Crippen LogP contribution in [-0.4, -0.2) is 47.7 Å². The Hall–Kier alpha value is -2.67. The average Bonchev–Trinajstić information content (AvgIpc) is 2.81. The van der Waals surface area contributed by atoms with Gasteiger partial charge >= 0.3 is 6.18 Å². The second-order valence-corrected chi connectivity index (χ2v) is 9.49. The maximum absolute atomic E-state index is 12.8. The van der Waals surface area contributed by atoms with Crippen LogP contribution in [0.15, 0.2) is 42.6 Å². The van der Waals surface area contributed by atoms with E-state index in [1.807, 2.05) is 32.3 Å². The molecule has 4 rings (SSSR count). The fourth-order valence-electron chi connectivity index (χ4n) is 4.85. The summed E-state index contributed by atoms with van der Waals surface area (Å²) in [6.07, 6.45) is 0.277. The van der Waals surface area contributed by atoms with Crippen LogP contribution in [-0.2, 0) is 23.9 Å². The summed E-state index contributed by atoms with van der Waals surface area (Å²) < 4.78 is 44.9. The minimum absolute atomic E-state index is 0.00933. The highest BCUT2D eigenvalue weighted by atomic mass is 19.4. The van der Waals surface area contributed by atoms with Crippen LogP contribution in [0.3, 0.4) is 0 Å². The van der Waals surface area contributed by atoms with E-state index in [1.165, 1.54) is 0 Å². The first-order valence-electron chi connectivity index (χ1n) is 11.9. The Morgan fingerprint density at radius 2 is 1.79 bits per heavy atom. The highest BCUT2D eigenvalue weighted by Crippen LogP contribution is 2.40. The molecule has 2 aromatic rings. The summed E-state index contributed by atoms with van der Waals surface area (Å²) in [7, 11) is 2.01. The van der Waals surface area contributed by atoms with Gasteiger partial charge in [-0.1, -0.05) is 24.3 Å². The minimum atomic E-state index is -4.30. The lowest BCUT2D eigenvalue weighted by Crippen LogP contribution is -2.40. The molecule has 34 heavy (non-hydrogen) atoms. The summed E-state index contributed by atoms with van der Waals surface area (Å²) in [6.45, 7) is 7.23. The highest BCUT2D eigenvalue weighted by Gasteiger charge is 2.34. The largest absolute Gasteiger partial charge is 0.507 e. The predicted molar refractivity (Wildman–Crippen MR) is 127 cm³/mol. The van der Waals surface area contributed by atoms with Gasteiger partial charge in [0, 0.05) is 43.9 Å². The van der Waals surface area contributed by atoms with Gasteiger partial charge in [-0.15, -0.1) is 0 Å². The zero-order chi connectivity index (χ0) is 24.5. The van der Waals surface area contributed by atoms with Crippen LogP contribution >= 0.6 is 0 Å². The number of ether oxygens (including phenoxy) is 1. The summed E-state index contributed by atoms with van der Waals surface area (Å²) >= 11 is 0. The molecule has 0 radical (unpaired) electrons. The number of benzene rings is 2. The average molecular weight is 475 g/mol. The van der Waals surface area contributed by atoms with Crippen molar-refractivity contribution in [2.75, 3.05) is 26.7 Å². The van der Waals surface area contributed by atoms with Crippen molar-refractivity contribution < 1.29 is 23.0 Å². The Morgan fingerprint density at radius 3 is 2.41 bits per heavy atom. The molecule has 2 heterocycles. The number of likely N-dealkylation sites (tertiary alicyclic amines) is 1. The predicted octanol–water partition coefficient (Wildman–Crippen LogP) is 5.82. The molecule has 0 amide bonds. The maximum Gasteiger partial charge on any atom is 0.416 e. The minimum Gasteiger partial charge on any atom is -0.507 e. The third-order valence-corrected chi connectivity index (χ3v) is 7.12. The lowest BCUT2D eigenvalue weighted by molar-refractivity contribution is -0.137. The number of aryl methyl sites for hydroxylation is 1. The van der Waals surface area contributed by atoms with Crippen LogP contribution in [0.2, 0.25) is 0 Å². The van der Waals surface area contributed by atoms with Gasteiger partial charge < -0.3 is 14.7 Å². The normalized spacial score (nSPS) is 20.8. The van der Waals surface area contributed by atoms with Gasteiger partial charge in [-0.3, -0.25) is 4.90 Å². The molecule has 2 aromatic carbocycles. The maximum atomic E-state index is 12.8. The first-order valence-corrected chi connectivity index (χ1v) is 11.9. The van der Waals surface area contributed by atoms with Crippen molar-refractivity contribution in [2.24, 2.45) is 5.92 Å². The topological polar surface area (TPSA) is 35.9 Å². The standard InChI is InChI=1S/C27H33F3N2O2/c1-4-31(3)17-25-22-10-5-18(2)26(33)23(22)15-24(34-25)20-11-13-32(14-12-20)16-19-6-8-21(9-7-19)27(28,29)30/h5-10,17,20,24,33H,4,11-16H2,1-3H3/b25-17-/t24-/m0/s1. The molecule has 4 nitrogen and oxygen atoms in total. The molecule has 1 atom stereocenters. The van der Waals surface area contributed by atoms with E-state index in [2.05, 4.69) is 16.7 Å². The number of hydrogen-bond acceptors (Lipinski definition) is 4. The summed E-state index contributed by atoms with van der Waals surface area (Å²) in [4.78, 5) is 4.37. The van der Waals surface area contributed by atoms with E-state index in [-0.39, 0.29) is 6.10 Å². The summed E-state index contributed by atoms with van der Waals surface area (Å²) in [5, 5.41) is 10.8. The number of phenols is 1. The van der Waals surface area contributed by atoms with Gasteiger partial charge in [-0.2, -0.15) is 13.2 Å². The fourth-order valence-corrected chi connectivity index (χ4v) is 4.85. The number of aromatic hydroxyl groups is 1. The molecular weight excluding hydrogens is 441 g/mol. The van der Waals surface area contributed by atoms with E-state index in [9.17, 15) is 18.3 Å². The van der Waals surface area contributed by atoms with E-state index in [4.69, 9.17) is 4.74 Å². The molecule has 7 heteroatoms. The second kappa shape index (κ2) is 9.90. The first kappa shape index (κ1) is 24.5. The van der Waals surface area contributed by atoms with Crippen molar-refractivity contribution in [3.63, 3.8) is 0 Å². The molecule has 0 aromatic heterocycles. The van der Waals surface area contributed by atoms with Crippen LogP contribution in [0.25, 0.3) is 5.76 Å². The van der Waals surface area contributed by atoms with Gasteiger partial charge in [0.1, 0.15) is 17.6 Å². The van der Waals surface area contributed by atoms with E-state index in [0.29, 0.717) is 24.6 Å². The molecule has 1 fully saturated rings. The summed E-state index contributed by atoms with van der Waals surface area (Å²) in [5.74, 6) is 1.51. The Balaban J connectivity index is 1.42. The molecule has 1 N–H and O–H groups in total. The quantitative estimate of drug-likeness (QED) is 0.592. The van der Waals surface area contributed by atoms with Crippen LogP contribution in [0.5, 0.6) is 5.75 Å². The molecule has 0 bridgehead atoms. The molecule has 2 aliphatic rings. The number of piperidine rings is 1. The van der Waals surface area contributed by atoms with Gasteiger partial charge in [-0.25, -0.2) is 0 Å². The summed E-state index contributed by atoms with van der Waals surface area (Å²) in [5.41, 5.74) is 3.07. The Morgan fingerprint density at radius 1 is 1.12 bits per heavy atom. The Kier molecular flexibility index (Phi) is 7.12. The van der Waals surface area contributed by atoms with Gasteiger partial charge in [0.15, 0.2) is 0 Å². The van der Waals surface area contributed by atoms with Crippen molar-refractivity contribution in [3.05, 3.63) is 70.4 Å². The first-order chi connectivity index (χ1) is 16.2. The van der Waals surface area contributed by atoms with Crippen molar-refractivity contribution in [2.45, 2.75) is 51.9 Å². The molecule has 1 saturated heterocycles. The van der Waals surface area contributed by atoms with Crippen molar-refractivity contribution in [1.29, 1.82) is 0 Å². The van der Waals surface area contributed by atoms with Crippen LogP contribution in [0.1, 0.15) is 47.6 Å². The van der Waals surface area contributed by atoms with Crippen molar-refractivity contribution in [3.8, 4) is 5.75 Å². The van der Waals surface area contributed by atoms with Crippen LogP contribution in [0.4, 0.5) is 13.2 Å². The van der Waals surface area contributed by atoms with Crippen molar-refractivity contribution >= 4 is 5.76 Å². The van der Waals surface area contributed by atoms with E-state index in [1.54, 1.807) is 12.1 Å². The SMILES string of the molecule is CCN(C)/C=C1\O[C@H](C2CCN(Cc3ccc(C(F)(F)F)cc3)CC2)Cc2c1ccc(C)c2O. The summed E-state index contributed by atoms with van der Waals surface area (Å²) in [6, 6.07) is 9.42. The Labute approximate surface area is 199 Å². The highest BCUT2D eigenvalue weighted by molar-refractivity contribution is 5.68. The molecular formula is C27H33F3N2O2. The van der Waals surface area contributed by atoms with Gasteiger partial charge in [-0.05, 0) is 69.0 Å². The molecule has 0 saturated carbocycles. The van der Waals surface area contributed by atoms with Crippen LogP contribution < -0.4 is 0 Å². The van der Waals surface area contributed by atoms with E-state index in [0.717, 1.165) is 72.6 Å². The smallest absolute Gasteiger partial charge is 0.416 e. The lowest BCUT2D eigenvalue weighted by Gasteiger charge is -2.39. The number of rotatable bonds is 5. The molecule has 2 aliphatic heterocycles. The molecule has 0 aliphatic carbocycles. The number of alkyl halides is 3. The number of hydrogen-bond donors (Lipinski definition) is 1. The fraction of sp³-hybridized carbons (Fsp3) is 0.481. The van der Waals surface area contributed by atoms with E-state index >= 15 is 0 Å². The van der Waals surface area contributed by atoms with Gasteiger partial charge in [0.25, 0.3) is 0 Å². The molecule has 0 unspecified atom stereocenters. The molecule has 0 spiro atoms. The monoisotopic (exact) mass is 474 g/mol. The Bertz CT molecular complexity index is 1030. The number of nitrogens with zero attached hydrogens (tertiary/aromatic N) is 2. The lowest BCUT2D eigenvalue weighted by atomic mass is 9.84. The van der Waals surface area contributed by atoms with Crippen molar-refractivity contribution in [1.82, 2.24) is 9.80 Å². The van der Waals surface area contributed by atoms with E-state index < -0.39 is 11.7 Å². The zero-order valence-corrected chi connectivity index (χ0v) is 20.0. The second-order valence-electron chi connectivity index (χ2n) is 9.49. The zero-order valence-electron chi connectivity index (χ0n) is 20.0. The number of fused-ring (bicyclic) bond motifs is 1. The number of phenolic OH excluding ortho intramolecular Hbond substituents is 1. The van der Waals surface area contributed by atoms with Gasteiger partial charge in [0.2, 0.25) is 0 Å².